The lowest BCUT2D eigenvalue weighted by Crippen LogP contribution is -2.48. The third kappa shape index (κ3) is 1.18. The largest absolute Gasteiger partial charge is 0.355 e. The van der Waals surface area contributed by atoms with E-state index in [4.69, 9.17) is 4.74 Å². The zero-order valence-corrected chi connectivity index (χ0v) is 9.83. The molecular weight excluding hydrogens is 188 g/mol. The normalized spacial score (nSPS) is 37.3. The van der Waals surface area contributed by atoms with Gasteiger partial charge in [-0.25, -0.2) is 0 Å². The average molecular weight is 206 g/mol. The number of allylic oxidation sites excluding steroid dienone is 1. The van der Waals surface area contributed by atoms with E-state index in [9.17, 15) is 4.79 Å². The van der Waals surface area contributed by atoms with Crippen molar-refractivity contribution in [3.05, 3.63) is 23.8 Å². The first-order valence-corrected chi connectivity index (χ1v) is 5.48. The first-order valence-electron chi connectivity index (χ1n) is 5.48. The fourth-order valence-corrected chi connectivity index (χ4v) is 3.05. The van der Waals surface area contributed by atoms with Crippen LogP contribution in [0, 0.1) is 5.41 Å². The molecule has 2 rings (SSSR count). The van der Waals surface area contributed by atoms with E-state index in [0.29, 0.717) is 0 Å². The lowest BCUT2D eigenvalue weighted by molar-refractivity contribution is -0.136. The predicted molar refractivity (Wildman–Crippen MR) is 59.6 cm³/mol. The summed E-state index contributed by atoms with van der Waals surface area (Å²) in [5.41, 5.74) is 0.295. The van der Waals surface area contributed by atoms with Crippen molar-refractivity contribution in [2.75, 3.05) is 0 Å². The average Bonchev–Trinajstić information content (AvgIpc) is 2.54. The van der Waals surface area contributed by atoms with Gasteiger partial charge in [0.1, 0.15) is 0 Å². The van der Waals surface area contributed by atoms with Gasteiger partial charge in [0, 0.05) is 5.41 Å². The van der Waals surface area contributed by atoms with Gasteiger partial charge in [-0.3, -0.25) is 4.79 Å². The zero-order chi connectivity index (χ0) is 11.3. The van der Waals surface area contributed by atoms with E-state index in [1.807, 2.05) is 13.8 Å². The van der Waals surface area contributed by atoms with Gasteiger partial charge in [0.15, 0.2) is 11.4 Å². The summed E-state index contributed by atoms with van der Waals surface area (Å²) in [6.45, 7) is 8.10. The molecule has 0 aromatic rings. The molecule has 0 aromatic heterocycles. The molecule has 0 radical (unpaired) electrons. The van der Waals surface area contributed by atoms with Gasteiger partial charge in [-0.15, -0.1) is 0 Å². The standard InChI is InChI=1S/C13H18O2/c1-5-6-11(14)13-9(2)7-10(15-13)8-12(13,3)4/h5-7,10H,8H2,1-4H3. The molecular formula is C13H18O2. The molecule has 0 amide bonds. The van der Waals surface area contributed by atoms with Crippen LogP contribution in [0.25, 0.3) is 0 Å². The fraction of sp³-hybridized carbons (Fsp3) is 0.615. The lowest BCUT2D eigenvalue weighted by atomic mass is 9.65. The maximum absolute atomic E-state index is 12.2. The summed E-state index contributed by atoms with van der Waals surface area (Å²) in [6, 6.07) is 0. The van der Waals surface area contributed by atoms with Gasteiger partial charge in [-0.1, -0.05) is 26.0 Å². The summed E-state index contributed by atoms with van der Waals surface area (Å²) >= 11 is 0. The molecule has 2 heterocycles. The summed E-state index contributed by atoms with van der Waals surface area (Å²) < 4.78 is 5.91. The predicted octanol–water partition coefficient (Wildman–Crippen LogP) is 2.65. The summed E-state index contributed by atoms with van der Waals surface area (Å²) in [6.07, 6.45) is 6.58. The van der Waals surface area contributed by atoms with Gasteiger partial charge in [0.05, 0.1) is 6.10 Å². The van der Waals surface area contributed by atoms with Crippen LogP contribution in [0.2, 0.25) is 0 Å². The molecule has 2 aliphatic heterocycles. The first-order chi connectivity index (χ1) is 6.94. The molecule has 15 heavy (non-hydrogen) atoms. The number of hydrogen-bond acceptors (Lipinski definition) is 2. The van der Waals surface area contributed by atoms with Gasteiger partial charge >= 0.3 is 0 Å². The Bertz CT molecular complexity index is 363. The molecule has 82 valence electrons. The van der Waals surface area contributed by atoms with E-state index in [0.717, 1.165) is 12.0 Å². The molecule has 0 spiro atoms. The molecule has 2 heteroatoms. The van der Waals surface area contributed by atoms with Crippen LogP contribution in [0.15, 0.2) is 23.8 Å². The summed E-state index contributed by atoms with van der Waals surface area (Å²) in [5, 5.41) is 0. The molecule has 1 fully saturated rings. The minimum atomic E-state index is -0.690. The zero-order valence-electron chi connectivity index (χ0n) is 9.83. The Morgan fingerprint density at radius 2 is 2.27 bits per heavy atom. The number of rotatable bonds is 2. The van der Waals surface area contributed by atoms with Crippen molar-refractivity contribution in [1.82, 2.24) is 0 Å². The van der Waals surface area contributed by atoms with E-state index < -0.39 is 5.60 Å². The van der Waals surface area contributed by atoms with Gasteiger partial charge in [0.2, 0.25) is 0 Å². The summed E-state index contributed by atoms with van der Waals surface area (Å²) in [4.78, 5) is 12.2. The molecule has 2 aliphatic rings. The molecule has 2 atom stereocenters. The number of carbonyl (C=O) groups excluding carboxylic acids is 1. The molecule has 2 bridgehead atoms. The highest BCUT2D eigenvalue weighted by molar-refractivity contribution is 6.01. The Morgan fingerprint density at radius 1 is 1.60 bits per heavy atom. The van der Waals surface area contributed by atoms with Crippen molar-refractivity contribution >= 4 is 5.78 Å². The van der Waals surface area contributed by atoms with Crippen LogP contribution in [0.1, 0.15) is 34.1 Å². The molecule has 1 saturated heterocycles. The third-order valence-corrected chi connectivity index (χ3v) is 3.65. The van der Waals surface area contributed by atoms with Crippen LogP contribution in [-0.4, -0.2) is 17.5 Å². The SMILES string of the molecule is CC=CC(=O)C12OC(C=C1C)CC2(C)C. The van der Waals surface area contributed by atoms with Crippen LogP contribution < -0.4 is 0 Å². The van der Waals surface area contributed by atoms with Gasteiger partial charge in [-0.2, -0.15) is 0 Å². The Hall–Kier alpha value is -0.890. The molecule has 0 aromatic carbocycles. The third-order valence-electron chi connectivity index (χ3n) is 3.65. The van der Waals surface area contributed by atoms with Crippen molar-refractivity contribution in [3.63, 3.8) is 0 Å². The number of carbonyl (C=O) groups is 1. The highest BCUT2D eigenvalue weighted by Crippen LogP contribution is 2.55. The van der Waals surface area contributed by atoms with Crippen molar-refractivity contribution < 1.29 is 9.53 Å². The highest BCUT2D eigenvalue weighted by Gasteiger charge is 2.61. The second-order valence-electron chi connectivity index (χ2n) is 5.14. The fourth-order valence-electron chi connectivity index (χ4n) is 3.05. The number of ether oxygens (including phenoxy) is 1. The minimum Gasteiger partial charge on any atom is -0.355 e. The second kappa shape index (κ2) is 3.05. The number of hydrogen-bond donors (Lipinski definition) is 0. The van der Waals surface area contributed by atoms with Gasteiger partial charge < -0.3 is 4.74 Å². The first kappa shape index (κ1) is 10.6. The van der Waals surface area contributed by atoms with Crippen LogP contribution >= 0.6 is 0 Å². The molecule has 0 aliphatic carbocycles. The Morgan fingerprint density at radius 3 is 2.73 bits per heavy atom. The summed E-state index contributed by atoms with van der Waals surface area (Å²) in [5.74, 6) is 0.0868. The van der Waals surface area contributed by atoms with Crippen LogP contribution in [0.4, 0.5) is 0 Å². The van der Waals surface area contributed by atoms with E-state index in [1.165, 1.54) is 0 Å². The summed E-state index contributed by atoms with van der Waals surface area (Å²) in [7, 11) is 0. The topological polar surface area (TPSA) is 26.3 Å². The van der Waals surface area contributed by atoms with Crippen LogP contribution in [-0.2, 0) is 9.53 Å². The van der Waals surface area contributed by atoms with Gasteiger partial charge in [0.25, 0.3) is 0 Å². The number of ketones is 1. The van der Waals surface area contributed by atoms with Crippen molar-refractivity contribution in [2.24, 2.45) is 5.41 Å². The van der Waals surface area contributed by atoms with E-state index in [1.54, 1.807) is 12.2 Å². The van der Waals surface area contributed by atoms with Crippen LogP contribution in [0.5, 0.6) is 0 Å². The van der Waals surface area contributed by atoms with Crippen LogP contribution in [0.3, 0.4) is 0 Å². The van der Waals surface area contributed by atoms with Gasteiger partial charge in [-0.05, 0) is 31.9 Å². The monoisotopic (exact) mass is 206 g/mol. The molecule has 2 unspecified atom stereocenters. The Kier molecular flexibility index (Phi) is 2.16. The smallest absolute Gasteiger partial charge is 0.191 e. The minimum absolute atomic E-state index is 0.0868. The van der Waals surface area contributed by atoms with Crippen molar-refractivity contribution in [3.8, 4) is 0 Å². The second-order valence-corrected chi connectivity index (χ2v) is 5.14. The van der Waals surface area contributed by atoms with E-state index >= 15 is 0 Å². The lowest BCUT2D eigenvalue weighted by Gasteiger charge is -2.38. The maximum Gasteiger partial charge on any atom is 0.191 e. The molecule has 2 nitrogen and oxygen atoms in total. The van der Waals surface area contributed by atoms with Crippen molar-refractivity contribution in [2.45, 2.75) is 45.8 Å². The molecule has 0 N–H and O–H groups in total. The van der Waals surface area contributed by atoms with E-state index in [-0.39, 0.29) is 17.3 Å². The van der Waals surface area contributed by atoms with Crippen molar-refractivity contribution in [1.29, 1.82) is 0 Å². The quantitative estimate of drug-likeness (QED) is 0.513. The number of fused-ring (bicyclic) bond motifs is 2. The Balaban J connectivity index is 2.48. The highest BCUT2D eigenvalue weighted by atomic mass is 16.5. The maximum atomic E-state index is 12.2. The Labute approximate surface area is 91.0 Å². The van der Waals surface area contributed by atoms with E-state index in [2.05, 4.69) is 19.9 Å². The molecule has 0 saturated carbocycles.